The summed E-state index contributed by atoms with van der Waals surface area (Å²) in [7, 11) is 0. The Hall–Kier alpha value is 0.290. The van der Waals surface area contributed by atoms with E-state index in [0.29, 0.717) is 5.38 Å². The Bertz CT molecular complexity index is 125. The molecule has 0 aromatic carbocycles. The standard InChI is InChI=1S/C10H17Cl/c11-10(9-5-6-9)7-4-8-2-1-3-8/h8-10H,1-7H2. The van der Waals surface area contributed by atoms with Gasteiger partial charge >= 0.3 is 0 Å². The van der Waals surface area contributed by atoms with Crippen LogP contribution in [0.4, 0.5) is 0 Å². The maximum atomic E-state index is 6.20. The summed E-state index contributed by atoms with van der Waals surface area (Å²) < 4.78 is 0. The van der Waals surface area contributed by atoms with Crippen molar-refractivity contribution in [3.05, 3.63) is 0 Å². The first kappa shape index (κ1) is 7.91. The van der Waals surface area contributed by atoms with Gasteiger partial charge in [-0.1, -0.05) is 19.3 Å². The third-order valence-corrected chi connectivity index (χ3v) is 3.78. The zero-order valence-corrected chi connectivity index (χ0v) is 7.82. The second-order valence-corrected chi connectivity index (χ2v) is 4.79. The van der Waals surface area contributed by atoms with E-state index in [2.05, 4.69) is 0 Å². The van der Waals surface area contributed by atoms with Gasteiger partial charge in [-0.05, 0) is 37.5 Å². The van der Waals surface area contributed by atoms with Crippen molar-refractivity contribution in [3.63, 3.8) is 0 Å². The summed E-state index contributed by atoms with van der Waals surface area (Å²) in [4.78, 5) is 0. The summed E-state index contributed by atoms with van der Waals surface area (Å²) in [5.41, 5.74) is 0. The van der Waals surface area contributed by atoms with Gasteiger partial charge in [0.05, 0.1) is 0 Å². The Labute approximate surface area is 74.3 Å². The van der Waals surface area contributed by atoms with Crippen LogP contribution in [0.5, 0.6) is 0 Å². The predicted octanol–water partition coefficient (Wildman–Crippen LogP) is 3.58. The fraction of sp³-hybridized carbons (Fsp3) is 1.00. The molecule has 1 atom stereocenters. The molecule has 0 amide bonds. The summed E-state index contributed by atoms with van der Waals surface area (Å²) in [5.74, 6) is 1.95. The molecule has 0 nitrogen and oxygen atoms in total. The highest BCUT2D eigenvalue weighted by Gasteiger charge is 2.30. The van der Waals surface area contributed by atoms with E-state index in [9.17, 15) is 0 Å². The van der Waals surface area contributed by atoms with E-state index in [1.54, 1.807) is 0 Å². The van der Waals surface area contributed by atoms with Crippen molar-refractivity contribution in [2.75, 3.05) is 0 Å². The first-order valence-corrected chi connectivity index (χ1v) is 5.44. The van der Waals surface area contributed by atoms with Crippen LogP contribution >= 0.6 is 11.6 Å². The van der Waals surface area contributed by atoms with Gasteiger partial charge in [0.15, 0.2) is 0 Å². The summed E-state index contributed by atoms with van der Waals surface area (Å²) >= 11 is 6.20. The average Bonchev–Trinajstić information content (AvgIpc) is 2.64. The number of hydrogen-bond acceptors (Lipinski definition) is 0. The Morgan fingerprint density at radius 1 is 1.18 bits per heavy atom. The number of rotatable bonds is 4. The van der Waals surface area contributed by atoms with Crippen molar-refractivity contribution in [2.45, 2.75) is 50.3 Å². The molecule has 0 aliphatic heterocycles. The molecule has 0 N–H and O–H groups in total. The van der Waals surface area contributed by atoms with Crippen LogP contribution in [0, 0.1) is 11.8 Å². The first-order chi connectivity index (χ1) is 5.36. The molecule has 2 aliphatic rings. The quantitative estimate of drug-likeness (QED) is 0.569. The Balaban J connectivity index is 1.57. The molecule has 0 spiro atoms. The molecule has 11 heavy (non-hydrogen) atoms. The lowest BCUT2D eigenvalue weighted by Crippen LogP contribution is -2.13. The van der Waals surface area contributed by atoms with Gasteiger partial charge in [-0.25, -0.2) is 0 Å². The number of halogens is 1. The molecule has 0 heterocycles. The third kappa shape index (κ3) is 2.11. The van der Waals surface area contributed by atoms with Crippen molar-refractivity contribution in [1.82, 2.24) is 0 Å². The van der Waals surface area contributed by atoms with Gasteiger partial charge in [0.1, 0.15) is 0 Å². The van der Waals surface area contributed by atoms with Crippen LogP contribution in [0.1, 0.15) is 44.9 Å². The van der Waals surface area contributed by atoms with Crippen molar-refractivity contribution in [2.24, 2.45) is 11.8 Å². The second kappa shape index (κ2) is 3.35. The van der Waals surface area contributed by atoms with Gasteiger partial charge in [-0.2, -0.15) is 0 Å². The van der Waals surface area contributed by atoms with Gasteiger partial charge in [0, 0.05) is 5.38 Å². The fourth-order valence-corrected chi connectivity index (χ4v) is 2.25. The van der Waals surface area contributed by atoms with E-state index in [-0.39, 0.29) is 0 Å². The van der Waals surface area contributed by atoms with E-state index in [4.69, 9.17) is 11.6 Å². The molecule has 2 rings (SSSR count). The highest BCUT2D eigenvalue weighted by atomic mass is 35.5. The van der Waals surface area contributed by atoms with E-state index in [0.717, 1.165) is 11.8 Å². The highest BCUT2D eigenvalue weighted by Crippen LogP contribution is 2.40. The zero-order valence-electron chi connectivity index (χ0n) is 7.06. The van der Waals surface area contributed by atoms with Crippen LogP contribution in [-0.4, -0.2) is 5.38 Å². The molecule has 2 aliphatic carbocycles. The Morgan fingerprint density at radius 2 is 1.91 bits per heavy atom. The predicted molar refractivity (Wildman–Crippen MR) is 48.9 cm³/mol. The van der Waals surface area contributed by atoms with Gasteiger partial charge in [0.25, 0.3) is 0 Å². The van der Waals surface area contributed by atoms with Crippen LogP contribution in [-0.2, 0) is 0 Å². The van der Waals surface area contributed by atoms with Crippen LogP contribution in [0.3, 0.4) is 0 Å². The molecule has 64 valence electrons. The number of alkyl halides is 1. The van der Waals surface area contributed by atoms with E-state index in [1.165, 1.54) is 44.9 Å². The minimum absolute atomic E-state index is 0.524. The van der Waals surface area contributed by atoms with E-state index < -0.39 is 0 Å². The van der Waals surface area contributed by atoms with E-state index >= 15 is 0 Å². The molecule has 0 aromatic heterocycles. The minimum Gasteiger partial charge on any atom is -0.123 e. The van der Waals surface area contributed by atoms with Crippen molar-refractivity contribution in [1.29, 1.82) is 0 Å². The molecular formula is C10H17Cl. The van der Waals surface area contributed by atoms with Gasteiger partial charge in [0.2, 0.25) is 0 Å². The minimum atomic E-state index is 0.524. The van der Waals surface area contributed by atoms with Crippen LogP contribution in [0.2, 0.25) is 0 Å². The van der Waals surface area contributed by atoms with Crippen LogP contribution in [0.15, 0.2) is 0 Å². The van der Waals surface area contributed by atoms with Gasteiger partial charge in [-0.3, -0.25) is 0 Å². The summed E-state index contributed by atoms with van der Waals surface area (Å²) in [5, 5.41) is 0.524. The summed E-state index contributed by atoms with van der Waals surface area (Å²) in [6.45, 7) is 0. The molecule has 0 radical (unpaired) electrons. The molecule has 0 aromatic rings. The topological polar surface area (TPSA) is 0 Å². The molecular weight excluding hydrogens is 156 g/mol. The lowest BCUT2D eigenvalue weighted by molar-refractivity contribution is 0.286. The smallest absolute Gasteiger partial charge is 0.0364 e. The fourth-order valence-electron chi connectivity index (χ4n) is 1.87. The Kier molecular flexibility index (Phi) is 2.41. The summed E-state index contributed by atoms with van der Waals surface area (Å²) in [6.07, 6.45) is 9.93. The largest absolute Gasteiger partial charge is 0.123 e. The molecule has 1 heteroatoms. The summed E-state index contributed by atoms with van der Waals surface area (Å²) in [6, 6.07) is 0. The van der Waals surface area contributed by atoms with Gasteiger partial charge in [-0.15, -0.1) is 11.6 Å². The third-order valence-electron chi connectivity index (χ3n) is 3.21. The normalized spacial score (nSPS) is 28.1. The maximum absolute atomic E-state index is 6.20. The van der Waals surface area contributed by atoms with Crippen LogP contribution in [0.25, 0.3) is 0 Å². The molecule has 1 unspecified atom stereocenters. The molecule has 2 fully saturated rings. The maximum Gasteiger partial charge on any atom is 0.0364 e. The van der Waals surface area contributed by atoms with E-state index in [1.807, 2.05) is 0 Å². The zero-order chi connectivity index (χ0) is 7.68. The lowest BCUT2D eigenvalue weighted by atomic mass is 9.81. The second-order valence-electron chi connectivity index (χ2n) is 4.23. The monoisotopic (exact) mass is 172 g/mol. The van der Waals surface area contributed by atoms with Crippen LogP contribution < -0.4 is 0 Å². The van der Waals surface area contributed by atoms with Gasteiger partial charge < -0.3 is 0 Å². The van der Waals surface area contributed by atoms with Crippen molar-refractivity contribution in [3.8, 4) is 0 Å². The Morgan fingerprint density at radius 3 is 2.36 bits per heavy atom. The number of hydrogen-bond donors (Lipinski definition) is 0. The highest BCUT2D eigenvalue weighted by molar-refractivity contribution is 6.20. The lowest BCUT2D eigenvalue weighted by Gasteiger charge is -2.25. The molecule has 2 saturated carbocycles. The van der Waals surface area contributed by atoms with Crippen molar-refractivity contribution < 1.29 is 0 Å². The SMILES string of the molecule is ClC(CCC1CCC1)C1CC1. The average molecular weight is 173 g/mol. The van der Waals surface area contributed by atoms with Crippen molar-refractivity contribution >= 4 is 11.6 Å². The first-order valence-electron chi connectivity index (χ1n) is 5.00. The molecule has 0 saturated heterocycles. The molecule has 0 bridgehead atoms.